The number of amides is 1. The molecule has 1 aliphatic rings. The number of anilines is 1. The Morgan fingerprint density at radius 2 is 2.26 bits per heavy atom. The molecule has 4 nitrogen and oxygen atoms in total. The Morgan fingerprint density at radius 3 is 2.89 bits per heavy atom. The van der Waals surface area contributed by atoms with Gasteiger partial charge in [0, 0.05) is 24.3 Å². The van der Waals surface area contributed by atoms with Crippen molar-refractivity contribution >= 4 is 11.6 Å². The molecule has 1 unspecified atom stereocenters. The average molecular weight is 262 g/mol. The molecular formula is C15H22N2O2. The number of hydrogen-bond acceptors (Lipinski definition) is 3. The van der Waals surface area contributed by atoms with Gasteiger partial charge in [0.15, 0.2) is 0 Å². The first kappa shape index (κ1) is 13.7. The van der Waals surface area contributed by atoms with Gasteiger partial charge in [-0.3, -0.25) is 4.79 Å². The van der Waals surface area contributed by atoms with E-state index in [1.807, 2.05) is 4.90 Å². The van der Waals surface area contributed by atoms with E-state index in [4.69, 9.17) is 10.5 Å². The Labute approximate surface area is 114 Å². The predicted octanol–water partition coefficient (Wildman–Crippen LogP) is 2.68. The molecule has 2 N–H and O–H groups in total. The van der Waals surface area contributed by atoms with Crippen LogP contribution in [0.1, 0.15) is 43.0 Å². The van der Waals surface area contributed by atoms with E-state index in [-0.39, 0.29) is 5.91 Å². The zero-order chi connectivity index (χ0) is 13.8. The Balaban J connectivity index is 2.23. The molecule has 4 heteroatoms. The minimum Gasteiger partial charge on any atom is -0.497 e. The first-order chi connectivity index (χ1) is 9.17. The van der Waals surface area contributed by atoms with E-state index < -0.39 is 0 Å². The Morgan fingerprint density at radius 1 is 1.47 bits per heavy atom. The fraction of sp³-hybridized carbons (Fsp3) is 0.533. The second-order valence-electron chi connectivity index (χ2n) is 5.01. The van der Waals surface area contributed by atoms with E-state index in [9.17, 15) is 4.79 Å². The van der Waals surface area contributed by atoms with Crippen molar-refractivity contribution in [2.75, 3.05) is 19.4 Å². The molecule has 19 heavy (non-hydrogen) atoms. The van der Waals surface area contributed by atoms with Crippen molar-refractivity contribution in [2.24, 2.45) is 0 Å². The first-order valence-electron chi connectivity index (χ1n) is 6.91. The van der Waals surface area contributed by atoms with Crippen molar-refractivity contribution in [2.45, 2.75) is 38.6 Å². The molecule has 1 fully saturated rings. The smallest absolute Gasteiger partial charge is 0.256 e. The summed E-state index contributed by atoms with van der Waals surface area (Å²) in [5.41, 5.74) is 7.04. The van der Waals surface area contributed by atoms with E-state index in [0.717, 1.165) is 25.8 Å². The number of hydrogen-bond donors (Lipinski definition) is 1. The van der Waals surface area contributed by atoms with Crippen LogP contribution in [0.25, 0.3) is 0 Å². The standard InChI is InChI=1S/C15H22N2O2/c1-3-11-6-4-5-9-17(11)15(18)13-8-7-12(19-2)10-14(13)16/h7-8,10-11H,3-6,9,16H2,1-2H3. The fourth-order valence-corrected chi connectivity index (χ4v) is 2.71. The van der Waals surface area contributed by atoms with Gasteiger partial charge in [0.25, 0.3) is 5.91 Å². The number of benzene rings is 1. The van der Waals surface area contributed by atoms with Crippen molar-refractivity contribution in [1.82, 2.24) is 4.90 Å². The van der Waals surface area contributed by atoms with Gasteiger partial charge in [0.05, 0.1) is 12.7 Å². The van der Waals surface area contributed by atoms with Crippen LogP contribution in [-0.4, -0.2) is 30.5 Å². The fourth-order valence-electron chi connectivity index (χ4n) is 2.71. The molecule has 0 spiro atoms. The molecule has 104 valence electrons. The molecule has 1 amide bonds. The lowest BCUT2D eigenvalue weighted by molar-refractivity contribution is 0.0609. The van der Waals surface area contributed by atoms with E-state index in [0.29, 0.717) is 23.0 Å². The Hall–Kier alpha value is -1.71. The van der Waals surface area contributed by atoms with E-state index in [2.05, 4.69) is 6.92 Å². The Kier molecular flexibility index (Phi) is 4.30. The Bertz CT molecular complexity index is 459. The van der Waals surface area contributed by atoms with Gasteiger partial charge in [0.2, 0.25) is 0 Å². The monoisotopic (exact) mass is 262 g/mol. The molecule has 1 saturated heterocycles. The molecule has 1 aromatic rings. The molecule has 1 heterocycles. The van der Waals surface area contributed by atoms with Crippen LogP contribution in [-0.2, 0) is 0 Å². The van der Waals surface area contributed by atoms with Gasteiger partial charge >= 0.3 is 0 Å². The number of nitrogens with two attached hydrogens (primary N) is 1. The number of methoxy groups -OCH3 is 1. The molecule has 0 saturated carbocycles. The SMILES string of the molecule is CCC1CCCCN1C(=O)c1ccc(OC)cc1N. The summed E-state index contributed by atoms with van der Waals surface area (Å²) in [6, 6.07) is 5.60. The maximum absolute atomic E-state index is 12.6. The predicted molar refractivity (Wildman–Crippen MR) is 76.4 cm³/mol. The zero-order valence-electron chi connectivity index (χ0n) is 11.7. The van der Waals surface area contributed by atoms with E-state index in [1.54, 1.807) is 25.3 Å². The maximum Gasteiger partial charge on any atom is 0.256 e. The summed E-state index contributed by atoms with van der Waals surface area (Å²) in [6.07, 6.45) is 4.39. The maximum atomic E-state index is 12.6. The quantitative estimate of drug-likeness (QED) is 0.852. The van der Waals surface area contributed by atoms with Gasteiger partial charge in [-0.15, -0.1) is 0 Å². The lowest BCUT2D eigenvalue weighted by atomic mass is 9.98. The second-order valence-corrected chi connectivity index (χ2v) is 5.01. The number of carbonyl (C=O) groups excluding carboxylic acids is 1. The van der Waals surface area contributed by atoms with E-state index in [1.165, 1.54) is 6.42 Å². The molecule has 1 atom stereocenters. The highest BCUT2D eigenvalue weighted by Crippen LogP contribution is 2.25. The van der Waals surface area contributed by atoms with Gasteiger partial charge in [-0.2, -0.15) is 0 Å². The van der Waals surface area contributed by atoms with Crippen molar-refractivity contribution < 1.29 is 9.53 Å². The lowest BCUT2D eigenvalue weighted by Gasteiger charge is -2.35. The van der Waals surface area contributed by atoms with E-state index >= 15 is 0 Å². The van der Waals surface area contributed by atoms with Crippen LogP contribution in [0.5, 0.6) is 5.75 Å². The highest BCUT2D eigenvalue weighted by atomic mass is 16.5. The van der Waals surface area contributed by atoms with Crippen molar-refractivity contribution in [1.29, 1.82) is 0 Å². The summed E-state index contributed by atoms with van der Waals surface area (Å²) in [6.45, 7) is 2.97. The third kappa shape index (κ3) is 2.83. The van der Waals surface area contributed by atoms with Crippen molar-refractivity contribution in [3.63, 3.8) is 0 Å². The van der Waals surface area contributed by atoms with Gasteiger partial charge in [-0.25, -0.2) is 0 Å². The highest BCUT2D eigenvalue weighted by molar-refractivity contribution is 5.99. The summed E-state index contributed by atoms with van der Waals surface area (Å²) < 4.78 is 5.11. The molecule has 0 radical (unpaired) electrons. The van der Waals surface area contributed by atoms with Crippen molar-refractivity contribution in [3.8, 4) is 5.75 Å². The van der Waals surface area contributed by atoms with Gasteiger partial charge in [-0.1, -0.05) is 6.92 Å². The minimum absolute atomic E-state index is 0.0479. The van der Waals surface area contributed by atoms with Crippen LogP contribution in [0.3, 0.4) is 0 Å². The molecule has 0 bridgehead atoms. The third-order valence-corrected chi connectivity index (χ3v) is 3.85. The lowest BCUT2D eigenvalue weighted by Crippen LogP contribution is -2.43. The number of carbonyl (C=O) groups is 1. The van der Waals surface area contributed by atoms with Crippen LogP contribution < -0.4 is 10.5 Å². The zero-order valence-corrected chi connectivity index (χ0v) is 11.7. The normalized spacial score (nSPS) is 19.3. The molecule has 0 aliphatic carbocycles. The van der Waals surface area contributed by atoms with Crippen LogP contribution in [0.15, 0.2) is 18.2 Å². The molecule has 2 rings (SSSR count). The second kappa shape index (κ2) is 5.95. The summed E-state index contributed by atoms with van der Waals surface area (Å²) >= 11 is 0. The van der Waals surface area contributed by atoms with Crippen LogP contribution in [0, 0.1) is 0 Å². The topological polar surface area (TPSA) is 55.6 Å². The number of ether oxygens (including phenoxy) is 1. The van der Waals surface area contributed by atoms with Gasteiger partial charge in [-0.05, 0) is 37.8 Å². The van der Waals surface area contributed by atoms with Crippen LogP contribution in [0.4, 0.5) is 5.69 Å². The summed E-state index contributed by atoms with van der Waals surface area (Å²) in [5, 5.41) is 0. The minimum atomic E-state index is 0.0479. The molecular weight excluding hydrogens is 240 g/mol. The largest absolute Gasteiger partial charge is 0.497 e. The number of nitrogen functional groups attached to an aromatic ring is 1. The number of likely N-dealkylation sites (tertiary alicyclic amines) is 1. The summed E-state index contributed by atoms with van der Waals surface area (Å²) in [4.78, 5) is 14.6. The van der Waals surface area contributed by atoms with Gasteiger partial charge < -0.3 is 15.4 Å². The highest BCUT2D eigenvalue weighted by Gasteiger charge is 2.27. The number of rotatable bonds is 3. The average Bonchev–Trinajstić information content (AvgIpc) is 2.46. The molecule has 1 aromatic carbocycles. The number of nitrogens with zero attached hydrogens (tertiary/aromatic N) is 1. The summed E-state index contributed by atoms with van der Waals surface area (Å²) in [7, 11) is 1.59. The van der Waals surface area contributed by atoms with Gasteiger partial charge in [0.1, 0.15) is 5.75 Å². The molecule has 0 aromatic heterocycles. The van der Waals surface area contributed by atoms with Crippen LogP contribution in [0.2, 0.25) is 0 Å². The molecule has 1 aliphatic heterocycles. The summed E-state index contributed by atoms with van der Waals surface area (Å²) in [5.74, 6) is 0.728. The van der Waals surface area contributed by atoms with Crippen molar-refractivity contribution in [3.05, 3.63) is 23.8 Å². The first-order valence-corrected chi connectivity index (χ1v) is 6.91. The third-order valence-electron chi connectivity index (χ3n) is 3.85. The van der Waals surface area contributed by atoms with Crippen LogP contribution >= 0.6 is 0 Å². The number of piperidine rings is 1.